The fourth-order valence-corrected chi connectivity index (χ4v) is 3.87. The Labute approximate surface area is 147 Å². The number of carbonyl (C=O) groups is 2. The van der Waals surface area contributed by atoms with Gasteiger partial charge in [-0.2, -0.15) is 0 Å². The summed E-state index contributed by atoms with van der Waals surface area (Å²) in [4.78, 5) is 26.8. The number of likely N-dealkylation sites (tertiary alicyclic amines) is 1. The molecule has 1 aromatic carbocycles. The molecule has 0 spiro atoms. The first-order chi connectivity index (χ1) is 11.4. The lowest BCUT2D eigenvalue weighted by Crippen LogP contribution is -2.40. The summed E-state index contributed by atoms with van der Waals surface area (Å²) in [6.07, 6.45) is 0.960. The van der Waals surface area contributed by atoms with Crippen molar-refractivity contribution in [3.63, 3.8) is 0 Å². The number of carboxylic acid groups (broad SMARTS) is 1. The van der Waals surface area contributed by atoms with E-state index in [9.17, 15) is 14.7 Å². The summed E-state index contributed by atoms with van der Waals surface area (Å²) in [6, 6.07) is 7.74. The average molecular weight is 351 g/mol. The van der Waals surface area contributed by atoms with Crippen LogP contribution in [0.25, 0.3) is 0 Å². The number of carboxylic acids is 1. The molecular formula is C18H25NO4S. The summed E-state index contributed by atoms with van der Waals surface area (Å²) in [7, 11) is 1.63. The van der Waals surface area contributed by atoms with Gasteiger partial charge in [-0.15, -0.1) is 11.8 Å². The van der Waals surface area contributed by atoms with Crippen LogP contribution < -0.4 is 4.74 Å². The van der Waals surface area contributed by atoms with Gasteiger partial charge in [0.1, 0.15) is 5.75 Å². The topological polar surface area (TPSA) is 66.8 Å². The largest absolute Gasteiger partial charge is 0.497 e. The van der Waals surface area contributed by atoms with Crippen LogP contribution in [-0.4, -0.2) is 47.8 Å². The van der Waals surface area contributed by atoms with Gasteiger partial charge in [0, 0.05) is 30.2 Å². The zero-order chi connectivity index (χ0) is 17.7. The van der Waals surface area contributed by atoms with Gasteiger partial charge in [-0.3, -0.25) is 9.59 Å². The van der Waals surface area contributed by atoms with Crippen LogP contribution >= 0.6 is 11.8 Å². The quantitative estimate of drug-likeness (QED) is 0.765. The normalized spacial score (nSPS) is 20.4. The molecule has 0 radical (unpaired) electrons. The Balaban J connectivity index is 1.84. The van der Waals surface area contributed by atoms with Gasteiger partial charge >= 0.3 is 5.97 Å². The summed E-state index contributed by atoms with van der Waals surface area (Å²) >= 11 is 1.62. The fraction of sp³-hybridized carbons (Fsp3) is 0.556. The van der Waals surface area contributed by atoms with Crippen LogP contribution in [0.5, 0.6) is 5.75 Å². The molecule has 6 heteroatoms. The highest BCUT2D eigenvalue weighted by atomic mass is 32.2. The second-order valence-corrected chi connectivity index (χ2v) is 7.62. The molecule has 1 fully saturated rings. The van der Waals surface area contributed by atoms with E-state index in [0.717, 1.165) is 10.6 Å². The average Bonchev–Trinajstić information content (AvgIpc) is 3.02. The van der Waals surface area contributed by atoms with Crippen LogP contribution in [-0.2, 0) is 9.59 Å². The van der Waals surface area contributed by atoms with Gasteiger partial charge in [0.15, 0.2) is 0 Å². The molecule has 0 aromatic heterocycles. The first-order valence-electron chi connectivity index (χ1n) is 8.17. The molecule has 132 valence electrons. The monoisotopic (exact) mass is 351 g/mol. The minimum Gasteiger partial charge on any atom is -0.497 e. The molecule has 1 saturated heterocycles. The Kier molecular flexibility index (Phi) is 6.15. The number of rotatable bonds is 7. The molecule has 1 N–H and O–H groups in total. The second kappa shape index (κ2) is 7.92. The predicted molar refractivity (Wildman–Crippen MR) is 94.4 cm³/mol. The lowest BCUT2D eigenvalue weighted by atomic mass is 9.76. The van der Waals surface area contributed by atoms with Crippen molar-refractivity contribution in [2.45, 2.75) is 31.6 Å². The van der Waals surface area contributed by atoms with E-state index in [2.05, 4.69) is 0 Å². The first kappa shape index (κ1) is 18.6. The molecule has 0 aliphatic carbocycles. The maximum Gasteiger partial charge on any atom is 0.311 e. The number of ether oxygens (including phenoxy) is 1. The molecule has 5 nitrogen and oxygen atoms in total. The van der Waals surface area contributed by atoms with Gasteiger partial charge in [0.25, 0.3) is 0 Å². The molecule has 0 bridgehead atoms. The van der Waals surface area contributed by atoms with Crippen molar-refractivity contribution in [1.82, 2.24) is 4.90 Å². The molecule has 24 heavy (non-hydrogen) atoms. The minimum absolute atomic E-state index is 0.0153. The Morgan fingerprint density at radius 1 is 1.33 bits per heavy atom. The Morgan fingerprint density at radius 2 is 2.00 bits per heavy atom. The Bertz CT molecular complexity index is 587. The minimum atomic E-state index is -0.793. The van der Waals surface area contributed by atoms with E-state index >= 15 is 0 Å². The number of benzene rings is 1. The molecule has 1 aliphatic rings. The zero-order valence-electron chi connectivity index (χ0n) is 14.4. The highest BCUT2D eigenvalue weighted by molar-refractivity contribution is 7.99. The van der Waals surface area contributed by atoms with Gasteiger partial charge in [0.05, 0.1) is 12.5 Å². The van der Waals surface area contributed by atoms with Gasteiger partial charge in [-0.25, -0.2) is 0 Å². The van der Waals surface area contributed by atoms with Crippen LogP contribution in [0.3, 0.4) is 0 Å². The number of thioether (sulfide) groups is 1. The van der Waals surface area contributed by atoms with Crippen LogP contribution in [0, 0.1) is 11.3 Å². The number of aliphatic carboxylic acids is 1. The van der Waals surface area contributed by atoms with Gasteiger partial charge in [0.2, 0.25) is 5.91 Å². The number of methoxy groups -OCH3 is 1. The number of carbonyl (C=O) groups excluding carboxylic acids is 1. The van der Waals surface area contributed by atoms with Crippen molar-refractivity contribution in [3.05, 3.63) is 24.3 Å². The summed E-state index contributed by atoms with van der Waals surface area (Å²) in [5.41, 5.74) is -0.793. The van der Waals surface area contributed by atoms with Gasteiger partial charge in [-0.05, 0) is 36.6 Å². The van der Waals surface area contributed by atoms with Crippen molar-refractivity contribution in [2.75, 3.05) is 26.0 Å². The van der Waals surface area contributed by atoms with Crippen molar-refractivity contribution in [2.24, 2.45) is 11.3 Å². The second-order valence-electron chi connectivity index (χ2n) is 6.46. The van der Waals surface area contributed by atoms with Crippen molar-refractivity contribution in [3.8, 4) is 5.75 Å². The fourth-order valence-electron chi connectivity index (χ4n) is 3.03. The van der Waals surface area contributed by atoms with E-state index < -0.39 is 11.4 Å². The molecule has 1 amide bonds. The number of amides is 1. The molecule has 1 heterocycles. The standard InChI is InChI=1S/C18H25NO4S/c1-13(2)18(17(21)22)9-10-19(12-18)16(20)8-11-24-15-6-4-14(23-3)5-7-15/h4-7,13H,8-12H2,1-3H3,(H,21,22). The van der Waals surface area contributed by atoms with Crippen molar-refractivity contribution >= 4 is 23.6 Å². The number of nitrogens with zero attached hydrogens (tertiary/aromatic N) is 1. The number of hydrogen-bond acceptors (Lipinski definition) is 4. The summed E-state index contributed by atoms with van der Waals surface area (Å²) in [6.45, 7) is 4.70. The first-order valence-corrected chi connectivity index (χ1v) is 9.15. The van der Waals surface area contributed by atoms with Crippen LogP contribution in [0.1, 0.15) is 26.7 Å². The molecule has 1 aliphatic heterocycles. The third kappa shape index (κ3) is 4.04. The summed E-state index contributed by atoms with van der Waals surface area (Å²) in [5.74, 6) is 0.761. The van der Waals surface area contributed by atoms with Crippen molar-refractivity contribution in [1.29, 1.82) is 0 Å². The third-order valence-corrected chi connectivity index (χ3v) is 5.84. The lowest BCUT2D eigenvalue weighted by Gasteiger charge is -2.28. The molecule has 1 unspecified atom stereocenters. The van der Waals surface area contributed by atoms with Crippen LogP contribution in [0.15, 0.2) is 29.2 Å². The maximum absolute atomic E-state index is 12.4. The van der Waals surface area contributed by atoms with E-state index in [4.69, 9.17) is 4.74 Å². The highest BCUT2D eigenvalue weighted by Crippen LogP contribution is 2.38. The van der Waals surface area contributed by atoms with E-state index in [0.29, 0.717) is 31.7 Å². The van der Waals surface area contributed by atoms with Gasteiger partial charge in [-0.1, -0.05) is 13.8 Å². The smallest absolute Gasteiger partial charge is 0.311 e. The predicted octanol–water partition coefficient (Wildman–Crippen LogP) is 3.14. The van der Waals surface area contributed by atoms with Gasteiger partial charge < -0.3 is 14.7 Å². The molecule has 2 rings (SSSR count). The number of hydrogen-bond donors (Lipinski definition) is 1. The maximum atomic E-state index is 12.4. The molecular weight excluding hydrogens is 326 g/mol. The molecule has 1 aromatic rings. The molecule has 0 saturated carbocycles. The van der Waals surface area contributed by atoms with Crippen LogP contribution in [0.2, 0.25) is 0 Å². The highest BCUT2D eigenvalue weighted by Gasteiger charge is 2.48. The van der Waals surface area contributed by atoms with E-state index in [1.807, 2.05) is 38.1 Å². The zero-order valence-corrected chi connectivity index (χ0v) is 15.3. The SMILES string of the molecule is COc1ccc(SCCC(=O)N2CCC(C(=O)O)(C(C)C)C2)cc1. The van der Waals surface area contributed by atoms with E-state index in [-0.39, 0.29) is 11.8 Å². The Hall–Kier alpha value is -1.69. The molecule has 1 atom stereocenters. The van der Waals surface area contributed by atoms with E-state index in [1.165, 1.54) is 0 Å². The van der Waals surface area contributed by atoms with Crippen molar-refractivity contribution < 1.29 is 19.4 Å². The summed E-state index contributed by atoms with van der Waals surface area (Å²) in [5, 5.41) is 9.55. The van der Waals surface area contributed by atoms with E-state index in [1.54, 1.807) is 23.8 Å². The van der Waals surface area contributed by atoms with Crippen LogP contribution in [0.4, 0.5) is 0 Å². The summed E-state index contributed by atoms with van der Waals surface area (Å²) < 4.78 is 5.12. The third-order valence-electron chi connectivity index (χ3n) is 4.83. The lowest BCUT2D eigenvalue weighted by molar-refractivity contribution is -0.151. The Morgan fingerprint density at radius 3 is 2.50 bits per heavy atom.